The van der Waals surface area contributed by atoms with Gasteiger partial charge < -0.3 is 11.5 Å². The topological polar surface area (TPSA) is 52.0 Å². The zero-order chi connectivity index (χ0) is 17.3. The number of hydrogen-bond donors (Lipinski definition) is 2. The van der Waals surface area contributed by atoms with Crippen LogP contribution in [0.5, 0.6) is 0 Å². The van der Waals surface area contributed by atoms with Gasteiger partial charge in [-0.3, -0.25) is 0 Å². The van der Waals surface area contributed by atoms with E-state index in [2.05, 4.69) is 41.5 Å². The van der Waals surface area contributed by atoms with E-state index < -0.39 is 0 Å². The maximum atomic E-state index is 7.04. The van der Waals surface area contributed by atoms with Gasteiger partial charge in [0.05, 0.1) is 0 Å². The lowest BCUT2D eigenvalue weighted by Crippen LogP contribution is -2.62. The van der Waals surface area contributed by atoms with Crippen LogP contribution in [0.1, 0.15) is 106 Å². The molecule has 0 saturated carbocycles. The van der Waals surface area contributed by atoms with Gasteiger partial charge in [0.2, 0.25) is 0 Å². The third-order valence-electron chi connectivity index (χ3n) is 7.15. The fraction of sp³-hybridized carbons (Fsp3) is 1.00. The van der Waals surface area contributed by atoms with E-state index in [9.17, 15) is 0 Å². The normalized spacial score (nSPS) is 12.5. The molecule has 0 aromatic heterocycles. The molecule has 150 valence electrons. The molecule has 0 aliphatic carbocycles. The molecule has 0 fully saturated rings. The van der Waals surface area contributed by atoms with E-state index in [0.717, 1.165) is 25.8 Å². The molecule has 4 heteroatoms. The second-order valence-electron chi connectivity index (χ2n) is 7.24. The van der Waals surface area contributed by atoms with Crippen molar-refractivity contribution in [3.8, 4) is 0 Å². The summed E-state index contributed by atoms with van der Waals surface area (Å²) in [6.45, 7) is 14.9. The predicted molar refractivity (Wildman–Crippen MR) is 122 cm³/mol. The third-order valence-corrected chi connectivity index (χ3v) is 7.15. The summed E-state index contributed by atoms with van der Waals surface area (Å²) >= 11 is 0. The fourth-order valence-corrected chi connectivity index (χ4v) is 5.46. The van der Waals surface area contributed by atoms with Crippen molar-refractivity contribution in [1.29, 1.82) is 0 Å². The first kappa shape index (κ1) is 29.6. The van der Waals surface area contributed by atoms with Crippen LogP contribution < -0.4 is 11.5 Å². The average Bonchev–Trinajstić information content (AvgIpc) is 2.57. The summed E-state index contributed by atoms with van der Waals surface area (Å²) in [5.74, 6) is 0. The number of unbranched alkanes of at least 4 members (excludes halogenated alkanes) is 2. The Morgan fingerprint density at radius 2 is 1.08 bits per heavy atom. The molecular weight excluding hydrogens is 428 g/mol. The molecule has 0 aromatic carbocycles. The van der Waals surface area contributed by atoms with Crippen molar-refractivity contribution in [1.82, 2.24) is 0 Å². The lowest BCUT2D eigenvalue weighted by molar-refractivity contribution is -0.0683. The minimum Gasteiger partial charge on any atom is -0.330 e. The third kappa shape index (κ3) is 5.69. The molecule has 0 amide bonds. The van der Waals surface area contributed by atoms with Crippen LogP contribution in [0.4, 0.5) is 0 Å². The highest BCUT2D eigenvalue weighted by atomic mass is 79.9. The Morgan fingerprint density at radius 1 is 0.625 bits per heavy atom. The first-order valence-electron chi connectivity index (χ1n) is 9.91. The van der Waals surface area contributed by atoms with Gasteiger partial charge in [-0.15, -0.1) is 34.0 Å². The number of hydrogen-bond acceptors (Lipinski definition) is 2. The molecule has 0 aromatic rings. The lowest BCUT2D eigenvalue weighted by atomic mass is 9.47. The summed E-state index contributed by atoms with van der Waals surface area (Å²) in [7, 11) is 0. The van der Waals surface area contributed by atoms with Crippen molar-refractivity contribution in [2.45, 2.75) is 111 Å². The van der Waals surface area contributed by atoms with Gasteiger partial charge in [-0.1, -0.05) is 54.4 Å². The minimum absolute atomic E-state index is 0. The van der Waals surface area contributed by atoms with Gasteiger partial charge in [0.1, 0.15) is 0 Å². The van der Waals surface area contributed by atoms with Gasteiger partial charge >= 0.3 is 0 Å². The van der Waals surface area contributed by atoms with Crippen molar-refractivity contribution in [2.24, 2.45) is 22.3 Å². The van der Waals surface area contributed by atoms with Crippen LogP contribution in [-0.4, -0.2) is 12.1 Å². The molecule has 0 radical (unpaired) electrons. The molecule has 0 aliphatic rings. The standard InChI is InChI=1S/C20H44N2.2BrH/c1-7-18(8-2,16-14-13-15-17-21)19(9-3,10-4)20(22,11-5)12-6;;/h7-17,21-22H2,1-6H3;2*1H. The first-order valence-corrected chi connectivity index (χ1v) is 9.91. The molecule has 2 nitrogen and oxygen atoms in total. The molecule has 0 bridgehead atoms. The van der Waals surface area contributed by atoms with Crippen molar-refractivity contribution in [3.63, 3.8) is 0 Å². The van der Waals surface area contributed by atoms with Crippen LogP contribution in [0.15, 0.2) is 0 Å². The first-order chi connectivity index (χ1) is 10.4. The van der Waals surface area contributed by atoms with E-state index in [4.69, 9.17) is 11.5 Å². The summed E-state index contributed by atoms with van der Waals surface area (Å²) in [6.07, 6.45) is 12.1. The summed E-state index contributed by atoms with van der Waals surface area (Å²) < 4.78 is 0. The van der Waals surface area contributed by atoms with Crippen LogP contribution in [0.3, 0.4) is 0 Å². The Kier molecular flexibility index (Phi) is 17.3. The van der Waals surface area contributed by atoms with E-state index >= 15 is 0 Å². The van der Waals surface area contributed by atoms with Gasteiger partial charge in [-0.05, 0) is 68.7 Å². The number of halogens is 2. The Morgan fingerprint density at radius 3 is 1.38 bits per heavy atom. The number of nitrogens with two attached hydrogens (primary N) is 2. The second kappa shape index (κ2) is 14.0. The van der Waals surface area contributed by atoms with Crippen LogP contribution in [0, 0.1) is 10.8 Å². The van der Waals surface area contributed by atoms with Gasteiger partial charge in [-0.2, -0.15) is 0 Å². The summed E-state index contributed by atoms with van der Waals surface area (Å²) in [6, 6.07) is 0. The minimum atomic E-state index is -0.0453. The van der Waals surface area contributed by atoms with E-state index in [1.54, 1.807) is 0 Å². The van der Waals surface area contributed by atoms with E-state index in [1.807, 2.05) is 0 Å². The SMILES string of the molecule is Br.Br.CCC(N)(CC)C(CC)(CC)C(CC)(CC)CCCCCN. The largest absolute Gasteiger partial charge is 0.330 e. The quantitative estimate of drug-likeness (QED) is 0.289. The molecular formula is C20H46Br2N2. The van der Waals surface area contributed by atoms with Gasteiger partial charge in [0.15, 0.2) is 0 Å². The number of rotatable bonds is 13. The highest BCUT2D eigenvalue weighted by Crippen LogP contribution is 2.59. The molecule has 24 heavy (non-hydrogen) atoms. The van der Waals surface area contributed by atoms with Crippen molar-refractivity contribution < 1.29 is 0 Å². The van der Waals surface area contributed by atoms with E-state index in [1.165, 1.54) is 44.9 Å². The van der Waals surface area contributed by atoms with Crippen LogP contribution in [0.2, 0.25) is 0 Å². The smallest absolute Gasteiger partial charge is 0.0211 e. The Bertz CT molecular complexity index is 283. The van der Waals surface area contributed by atoms with E-state index in [-0.39, 0.29) is 44.9 Å². The monoisotopic (exact) mass is 472 g/mol. The summed E-state index contributed by atoms with van der Waals surface area (Å²) in [4.78, 5) is 0. The maximum absolute atomic E-state index is 7.04. The highest BCUT2D eigenvalue weighted by Gasteiger charge is 2.55. The Hall–Kier alpha value is 0.880. The second-order valence-corrected chi connectivity index (χ2v) is 7.24. The Labute approximate surface area is 173 Å². The van der Waals surface area contributed by atoms with Crippen molar-refractivity contribution >= 4 is 34.0 Å². The highest BCUT2D eigenvalue weighted by molar-refractivity contribution is 8.93. The average molecular weight is 474 g/mol. The van der Waals surface area contributed by atoms with Crippen molar-refractivity contribution in [2.75, 3.05) is 6.54 Å². The summed E-state index contributed by atoms with van der Waals surface area (Å²) in [5, 5.41) is 0. The molecule has 0 heterocycles. The van der Waals surface area contributed by atoms with E-state index in [0.29, 0.717) is 5.41 Å². The molecule has 0 rings (SSSR count). The van der Waals surface area contributed by atoms with Crippen LogP contribution in [0.25, 0.3) is 0 Å². The van der Waals surface area contributed by atoms with Gasteiger partial charge in [0, 0.05) is 5.54 Å². The van der Waals surface area contributed by atoms with Crippen LogP contribution in [-0.2, 0) is 0 Å². The molecule has 0 saturated heterocycles. The van der Waals surface area contributed by atoms with Gasteiger partial charge in [-0.25, -0.2) is 0 Å². The maximum Gasteiger partial charge on any atom is 0.0211 e. The predicted octanol–water partition coefficient (Wildman–Crippen LogP) is 6.79. The lowest BCUT2D eigenvalue weighted by Gasteiger charge is -2.59. The molecule has 0 aliphatic heterocycles. The molecule has 0 spiro atoms. The Balaban J connectivity index is -0.00000220. The van der Waals surface area contributed by atoms with Crippen LogP contribution >= 0.6 is 34.0 Å². The fourth-order valence-electron chi connectivity index (χ4n) is 5.46. The zero-order valence-electron chi connectivity index (χ0n) is 17.2. The molecule has 4 N–H and O–H groups in total. The zero-order valence-corrected chi connectivity index (χ0v) is 20.7. The summed E-state index contributed by atoms with van der Waals surface area (Å²) in [5.41, 5.74) is 13.3. The molecule has 0 atom stereocenters. The van der Waals surface area contributed by atoms with Gasteiger partial charge in [0.25, 0.3) is 0 Å². The molecule has 0 unspecified atom stereocenters. The van der Waals surface area contributed by atoms with Crippen molar-refractivity contribution in [3.05, 3.63) is 0 Å².